The van der Waals surface area contributed by atoms with Gasteiger partial charge in [-0.15, -0.1) is 24.0 Å². The number of nitrogens with zero attached hydrogens (tertiary/aromatic N) is 2. The maximum atomic E-state index is 6.09. The van der Waals surface area contributed by atoms with Crippen molar-refractivity contribution in [1.82, 2.24) is 10.2 Å². The van der Waals surface area contributed by atoms with Crippen LogP contribution in [0.25, 0.3) is 0 Å². The molecule has 2 aromatic carbocycles. The summed E-state index contributed by atoms with van der Waals surface area (Å²) in [4.78, 5) is 6.72. The second-order valence-electron chi connectivity index (χ2n) is 7.01. The van der Waals surface area contributed by atoms with Crippen molar-refractivity contribution in [3.05, 3.63) is 48.0 Å². The molecule has 1 N–H and O–H groups in total. The Bertz CT molecular complexity index is 840. The molecule has 0 radical (unpaired) electrons. The van der Waals surface area contributed by atoms with E-state index >= 15 is 0 Å². The first kappa shape index (κ1) is 24.9. The fourth-order valence-electron chi connectivity index (χ4n) is 3.69. The van der Waals surface area contributed by atoms with Gasteiger partial charge in [-0.2, -0.15) is 0 Å². The molecule has 0 spiro atoms. The normalized spacial score (nSPS) is 14.5. The summed E-state index contributed by atoms with van der Waals surface area (Å²) in [5, 5.41) is 3.44. The molecule has 170 valence electrons. The molecule has 8 heteroatoms. The minimum absolute atomic E-state index is 0. The Kier molecular flexibility index (Phi) is 10.0. The van der Waals surface area contributed by atoms with Crippen LogP contribution in [0.15, 0.2) is 47.5 Å². The number of ether oxygens (including phenoxy) is 4. The Morgan fingerprint density at radius 2 is 1.65 bits per heavy atom. The number of benzene rings is 2. The van der Waals surface area contributed by atoms with Gasteiger partial charge in [0.25, 0.3) is 0 Å². The van der Waals surface area contributed by atoms with Crippen LogP contribution in [0, 0.1) is 0 Å². The molecule has 0 bridgehead atoms. The van der Waals surface area contributed by atoms with Gasteiger partial charge in [0.15, 0.2) is 17.5 Å². The highest BCUT2D eigenvalue weighted by molar-refractivity contribution is 14.0. The lowest BCUT2D eigenvalue weighted by molar-refractivity contribution is 0.129. The molecular formula is C23H32IN3O4. The van der Waals surface area contributed by atoms with Gasteiger partial charge >= 0.3 is 0 Å². The monoisotopic (exact) mass is 541 g/mol. The van der Waals surface area contributed by atoms with Crippen LogP contribution in [-0.2, 0) is 6.54 Å². The van der Waals surface area contributed by atoms with Crippen molar-refractivity contribution >= 4 is 29.9 Å². The first-order chi connectivity index (χ1) is 14.7. The maximum Gasteiger partial charge on any atom is 0.203 e. The highest BCUT2D eigenvalue weighted by atomic mass is 127. The molecule has 1 aliphatic rings. The Balaban J connectivity index is 0.00000341. The Labute approximate surface area is 201 Å². The van der Waals surface area contributed by atoms with Crippen molar-refractivity contribution in [1.29, 1.82) is 0 Å². The number of hydrogen-bond acceptors (Lipinski definition) is 5. The summed E-state index contributed by atoms with van der Waals surface area (Å²) in [6.45, 7) is 2.34. The van der Waals surface area contributed by atoms with Crippen LogP contribution in [0.2, 0.25) is 0 Å². The lowest BCUT2D eigenvalue weighted by atomic mass is 10.1. The molecule has 0 atom stereocenters. The first-order valence-electron chi connectivity index (χ1n) is 10.1. The van der Waals surface area contributed by atoms with E-state index in [1.165, 1.54) is 0 Å². The number of guanidine groups is 1. The number of methoxy groups -OCH3 is 3. The van der Waals surface area contributed by atoms with E-state index in [4.69, 9.17) is 18.9 Å². The predicted molar refractivity (Wildman–Crippen MR) is 133 cm³/mol. The molecule has 31 heavy (non-hydrogen) atoms. The fourth-order valence-corrected chi connectivity index (χ4v) is 3.69. The SMILES string of the molecule is CN=C(NCc1ccc(OC)c(OC)c1OC)N1CCC(Oc2ccccc2)CC1.I. The van der Waals surface area contributed by atoms with Gasteiger partial charge in [0.2, 0.25) is 5.75 Å². The lowest BCUT2D eigenvalue weighted by Gasteiger charge is -2.34. The van der Waals surface area contributed by atoms with Crippen LogP contribution >= 0.6 is 24.0 Å². The Morgan fingerprint density at radius 1 is 0.968 bits per heavy atom. The molecular weight excluding hydrogens is 509 g/mol. The highest BCUT2D eigenvalue weighted by Gasteiger charge is 2.23. The third-order valence-corrected chi connectivity index (χ3v) is 5.22. The second kappa shape index (κ2) is 12.5. The zero-order chi connectivity index (χ0) is 21.3. The summed E-state index contributed by atoms with van der Waals surface area (Å²) < 4.78 is 22.5. The molecule has 1 saturated heterocycles. The van der Waals surface area contributed by atoms with E-state index in [1.807, 2.05) is 42.5 Å². The van der Waals surface area contributed by atoms with Gasteiger partial charge in [-0.25, -0.2) is 0 Å². The topological polar surface area (TPSA) is 64.6 Å². The quantitative estimate of drug-likeness (QED) is 0.326. The van der Waals surface area contributed by atoms with E-state index in [0.717, 1.165) is 43.2 Å². The number of para-hydroxylation sites is 1. The minimum Gasteiger partial charge on any atom is -0.493 e. The smallest absolute Gasteiger partial charge is 0.203 e. The summed E-state index contributed by atoms with van der Waals surface area (Å²) in [6.07, 6.45) is 2.14. The molecule has 3 rings (SSSR count). The van der Waals surface area contributed by atoms with Crippen molar-refractivity contribution < 1.29 is 18.9 Å². The maximum absolute atomic E-state index is 6.09. The van der Waals surface area contributed by atoms with Crippen LogP contribution in [0.3, 0.4) is 0 Å². The molecule has 1 heterocycles. The molecule has 2 aromatic rings. The molecule has 1 fully saturated rings. The largest absolute Gasteiger partial charge is 0.493 e. The minimum atomic E-state index is 0. The van der Waals surface area contributed by atoms with Gasteiger partial charge < -0.3 is 29.2 Å². The molecule has 0 aromatic heterocycles. The summed E-state index contributed by atoms with van der Waals surface area (Å²) >= 11 is 0. The van der Waals surface area contributed by atoms with E-state index < -0.39 is 0 Å². The average Bonchev–Trinajstić information content (AvgIpc) is 2.80. The van der Waals surface area contributed by atoms with Gasteiger partial charge in [-0.05, 0) is 24.3 Å². The van der Waals surface area contributed by atoms with Gasteiger partial charge in [-0.1, -0.05) is 18.2 Å². The number of halogens is 1. The number of aliphatic imine (C=N–C) groups is 1. The second-order valence-corrected chi connectivity index (χ2v) is 7.01. The molecule has 7 nitrogen and oxygen atoms in total. The zero-order valence-corrected chi connectivity index (χ0v) is 20.9. The summed E-state index contributed by atoms with van der Waals surface area (Å²) in [5.74, 6) is 3.69. The fraction of sp³-hybridized carbons (Fsp3) is 0.435. The molecule has 1 aliphatic heterocycles. The number of hydrogen-bond donors (Lipinski definition) is 1. The number of piperidine rings is 1. The van der Waals surface area contributed by atoms with Crippen LogP contribution in [0.1, 0.15) is 18.4 Å². The number of nitrogens with one attached hydrogen (secondary N) is 1. The van der Waals surface area contributed by atoms with E-state index in [2.05, 4.69) is 15.2 Å². The molecule has 0 amide bonds. The van der Waals surface area contributed by atoms with Gasteiger partial charge in [-0.3, -0.25) is 4.99 Å². The van der Waals surface area contributed by atoms with Crippen LogP contribution in [0.5, 0.6) is 23.0 Å². The van der Waals surface area contributed by atoms with Crippen LogP contribution in [-0.4, -0.2) is 58.4 Å². The van der Waals surface area contributed by atoms with Gasteiger partial charge in [0, 0.05) is 45.1 Å². The summed E-state index contributed by atoms with van der Waals surface area (Å²) in [7, 11) is 6.66. The molecule has 0 saturated carbocycles. The number of rotatable bonds is 7. The van der Waals surface area contributed by atoms with E-state index in [1.54, 1.807) is 28.4 Å². The highest BCUT2D eigenvalue weighted by Crippen LogP contribution is 2.39. The van der Waals surface area contributed by atoms with Gasteiger partial charge in [0.05, 0.1) is 21.3 Å². The first-order valence-corrected chi connectivity index (χ1v) is 10.1. The van der Waals surface area contributed by atoms with Gasteiger partial charge in [0.1, 0.15) is 11.9 Å². The molecule has 0 unspecified atom stereocenters. The van der Waals surface area contributed by atoms with Crippen molar-refractivity contribution in [2.75, 3.05) is 41.5 Å². The number of likely N-dealkylation sites (tertiary alicyclic amines) is 1. The molecule has 0 aliphatic carbocycles. The van der Waals surface area contributed by atoms with E-state index in [-0.39, 0.29) is 30.1 Å². The third-order valence-electron chi connectivity index (χ3n) is 5.22. The van der Waals surface area contributed by atoms with Crippen molar-refractivity contribution in [3.8, 4) is 23.0 Å². The summed E-state index contributed by atoms with van der Waals surface area (Å²) in [5.41, 5.74) is 0.971. The van der Waals surface area contributed by atoms with Crippen molar-refractivity contribution in [2.24, 2.45) is 4.99 Å². The zero-order valence-electron chi connectivity index (χ0n) is 18.6. The standard InChI is InChI=1S/C23H31N3O4.HI/c1-24-23(25-16-17-10-11-20(27-2)22(29-4)21(17)28-3)26-14-12-19(13-15-26)30-18-8-6-5-7-9-18;/h5-11,19H,12-16H2,1-4H3,(H,24,25);1H. The Morgan fingerprint density at radius 3 is 2.23 bits per heavy atom. The summed E-state index contributed by atoms with van der Waals surface area (Å²) in [6, 6.07) is 13.9. The average molecular weight is 541 g/mol. The predicted octanol–water partition coefficient (Wildman–Crippen LogP) is 3.95. The van der Waals surface area contributed by atoms with Crippen LogP contribution in [0.4, 0.5) is 0 Å². The van der Waals surface area contributed by atoms with Crippen molar-refractivity contribution in [3.63, 3.8) is 0 Å². The van der Waals surface area contributed by atoms with Crippen molar-refractivity contribution in [2.45, 2.75) is 25.5 Å². The van der Waals surface area contributed by atoms with Crippen LogP contribution < -0.4 is 24.3 Å². The third kappa shape index (κ3) is 6.32. The van der Waals surface area contributed by atoms with E-state index in [0.29, 0.717) is 23.8 Å². The van der Waals surface area contributed by atoms with E-state index in [9.17, 15) is 0 Å². The lowest BCUT2D eigenvalue weighted by Crippen LogP contribution is -2.47. The Hall–Kier alpha value is -2.36.